The molecule has 0 aromatic heterocycles. The van der Waals surface area contributed by atoms with E-state index in [2.05, 4.69) is 0 Å². The first-order valence-electron chi connectivity index (χ1n) is 7.08. The Labute approximate surface area is 139 Å². The molecule has 0 aliphatic heterocycles. The third-order valence-electron chi connectivity index (χ3n) is 3.35. The zero-order valence-electron chi connectivity index (χ0n) is 13.2. The van der Waals surface area contributed by atoms with E-state index in [4.69, 9.17) is 9.47 Å². The predicted octanol–water partition coefficient (Wildman–Crippen LogP) is 3.85. The van der Waals surface area contributed by atoms with Crippen molar-refractivity contribution in [3.8, 4) is 5.75 Å². The van der Waals surface area contributed by atoms with Crippen LogP contribution in [-0.4, -0.2) is 31.2 Å². The van der Waals surface area contributed by atoms with Gasteiger partial charge < -0.3 is 9.47 Å². The summed E-state index contributed by atoms with van der Waals surface area (Å²) in [4.78, 5) is 25.4. The van der Waals surface area contributed by atoms with Gasteiger partial charge in [-0.1, -0.05) is 0 Å². The van der Waals surface area contributed by atoms with Gasteiger partial charge in [0.2, 0.25) is 5.78 Å². The largest absolute Gasteiger partial charge is 0.497 e. The highest BCUT2D eigenvalue weighted by Gasteiger charge is 2.20. The van der Waals surface area contributed by atoms with Crippen LogP contribution in [0.5, 0.6) is 5.75 Å². The highest BCUT2D eigenvalue weighted by atomic mass is 32.2. The average molecular weight is 330 g/mol. The summed E-state index contributed by atoms with van der Waals surface area (Å²) in [6.07, 6.45) is 1.11. The molecule has 2 aromatic rings. The summed E-state index contributed by atoms with van der Waals surface area (Å²) < 4.78 is 10.3. The first-order chi connectivity index (χ1) is 11.0. The van der Waals surface area contributed by atoms with Gasteiger partial charge in [0.25, 0.3) is 0 Å². The second-order valence-electron chi connectivity index (χ2n) is 4.87. The van der Waals surface area contributed by atoms with E-state index in [9.17, 15) is 9.59 Å². The molecule has 23 heavy (non-hydrogen) atoms. The van der Waals surface area contributed by atoms with E-state index >= 15 is 0 Å². The van der Waals surface area contributed by atoms with Crippen molar-refractivity contribution in [3.05, 3.63) is 59.7 Å². The smallest absolute Gasteiger partial charge is 0.338 e. The second kappa shape index (κ2) is 7.83. The molecule has 5 heteroatoms. The van der Waals surface area contributed by atoms with Crippen LogP contribution in [0.2, 0.25) is 0 Å². The Morgan fingerprint density at radius 1 is 0.957 bits per heavy atom. The molecule has 0 spiro atoms. The van der Waals surface area contributed by atoms with E-state index in [1.807, 2.05) is 18.4 Å². The Morgan fingerprint density at radius 3 is 2.04 bits per heavy atom. The zero-order chi connectivity index (χ0) is 16.8. The van der Waals surface area contributed by atoms with E-state index in [1.54, 1.807) is 62.2 Å². The third kappa shape index (κ3) is 4.36. The number of carbonyl (C=O) groups is 2. The number of hydrogen-bond acceptors (Lipinski definition) is 5. The van der Waals surface area contributed by atoms with E-state index in [0.29, 0.717) is 16.9 Å². The summed E-state index contributed by atoms with van der Waals surface area (Å²) >= 11 is 1.59. The average Bonchev–Trinajstić information content (AvgIpc) is 2.61. The highest BCUT2D eigenvalue weighted by Crippen LogP contribution is 2.17. The Hall–Kier alpha value is -2.27. The fourth-order valence-electron chi connectivity index (χ4n) is 2.00. The first-order valence-corrected chi connectivity index (χ1v) is 8.31. The van der Waals surface area contributed by atoms with Gasteiger partial charge in [0.05, 0.1) is 12.7 Å². The topological polar surface area (TPSA) is 52.6 Å². The maximum atomic E-state index is 12.3. The lowest BCUT2D eigenvalue weighted by Crippen LogP contribution is -2.24. The van der Waals surface area contributed by atoms with Crippen molar-refractivity contribution in [2.24, 2.45) is 0 Å². The van der Waals surface area contributed by atoms with E-state index < -0.39 is 12.1 Å². The SMILES string of the molecule is COc1ccc(C(=O)[C@@H](C)OC(=O)c2ccc(SC)cc2)cc1. The van der Waals surface area contributed by atoms with Crippen LogP contribution in [0.25, 0.3) is 0 Å². The number of ketones is 1. The van der Waals surface area contributed by atoms with Crippen LogP contribution in [0.15, 0.2) is 53.4 Å². The molecule has 0 unspecified atom stereocenters. The molecule has 0 aliphatic carbocycles. The van der Waals surface area contributed by atoms with Gasteiger partial charge in [-0.25, -0.2) is 4.79 Å². The number of Topliss-reactive ketones (excluding diaryl/α,β-unsaturated/α-hetero) is 1. The van der Waals surface area contributed by atoms with Gasteiger partial charge in [-0.2, -0.15) is 0 Å². The van der Waals surface area contributed by atoms with Crippen molar-refractivity contribution in [2.45, 2.75) is 17.9 Å². The Balaban J connectivity index is 2.02. The lowest BCUT2D eigenvalue weighted by Gasteiger charge is -2.13. The van der Waals surface area contributed by atoms with E-state index in [1.165, 1.54) is 0 Å². The van der Waals surface area contributed by atoms with Gasteiger partial charge in [0.1, 0.15) is 5.75 Å². The molecule has 120 valence electrons. The van der Waals surface area contributed by atoms with Crippen LogP contribution in [-0.2, 0) is 4.74 Å². The molecule has 0 aliphatic rings. The van der Waals surface area contributed by atoms with Crippen LogP contribution in [0.4, 0.5) is 0 Å². The van der Waals surface area contributed by atoms with Crippen LogP contribution in [0.1, 0.15) is 27.6 Å². The van der Waals surface area contributed by atoms with Crippen molar-refractivity contribution >= 4 is 23.5 Å². The maximum Gasteiger partial charge on any atom is 0.338 e. The first kappa shape index (κ1) is 17.1. The molecule has 2 aromatic carbocycles. The molecule has 0 saturated carbocycles. The minimum absolute atomic E-state index is 0.248. The van der Waals surface area contributed by atoms with Crippen molar-refractivity contribution in [1.82, 2.24) is 0 Å². The number of esters is 1. The Kier molecular flexibility index (Phi) is 5.82. The number of carbonyl (C=O) groups excluding carboxylic acids is 2. The van der Waals surface area contributed by atoms with Gasteiger partial charge >= 0.3 is 5.97 Å². The molecular formula is C18H18O4S. The zero-order valence-corrected chi connectivity index (χ0v) is 14.1. The minimum atomic E-state index is -0.851. The van der Waals surface area contributed by atoms with Gasteiger partial charge in [-0.15, -0.1) is 11.8 Å². The number of rotatable bonds is 6. The lowest BCUT2D eigenvalue weighted by atomic mass is 10.1. The van der Waals surface area contributed by atoms with Gasteiger partial charge in [0.15, 0.2) is 6.10 Å². The molecule has 0 heterocycles. The summed E-state index contributed by atoms with van der Waals surface area (Å²) in [5.74, 6) is -0.0890. The van der Waals surface area contributed by atoms with E-state index in [-0.39, 0.29) is 5.78 Å². The second-order valence-corrected chi connectivity index (χ2v) is 5.75. The molecule has 0 bridgehead atoms. The quantitative estimate of drug-likeness (QED) is 0.457. The molecule has 0 amide bonds. The lowest BCUT2D eigenvalue weighted by molar-refractivity contribution is 0.0318. The van der Waals surface area contributed by atoms with Crippen LogP contribution in [0, 0.1) is 0 Å². The van der Waals surface area contributed by atoms with Gasteiger partial charge in [0, 0.05) is 10.5 Å². The van der Waals surface area contributed by atoms with Crippen molar-refractivity contribution in [3.63, 3.8) is 0 Å². The summed E-state index contributed by atoms with van der Waals surface area (Å²) in [6, 6.07) is 13.8. The molecule has 2 rings (SSSR count). The molecule has 0 saturated heterocycles. The number of benzene rings is 2. The predicted molar refractivity (Wildman–Crippen MR) is 90.4 cm³/mol. The minimum Gasteiger partial charge on any atom is -0.497 e. The summed E-state index contributed by atoms with van der Waals surface area (Å²) in [6.45, 7) is 1.57. The molecular weight excluding hydrogens is 312 g/mol. The fraction of sp³-hybridized carbons (Fsp3) is 0.222. The number of thioether (sulfide) groups is 1. The fourth-order valence-corrected chi connectivity index (χ4v) is 2.41. The maximum absolute atomic E-state index is 12.3. The van der Waals surface area contributed by atoms with Gasteiger partial charge in [-0.05, 0) is 61.7 Å². The van der Waals surface area contributed by atoms with E-state index in [0.717, 1.165) is 4.90 Å². The number of hydrogen-bond donors (Lipinski definition) is 0. The standard InChI is InChI=1S/C18H18O4S/c1-12(17(19)13-4-8-15(21-2)9-5-13)22-18(20)14-6-10-16(23-3)11-7-14/h4-12H,1-3H3/t12-/m1/s1. The number of ether oxygens (including phenoxy) is 2. The Bertz CT molecular complexity index is 677. The van der Waals surface area contributed by atoms with Gasteiger partial charge in [-0.3, -0.25) is 4.79 Å². The third-order valence-corrected chi connectivity index (χ3v) is 4.10. The van der Waals surface area contributed by atoms with Crippen LogP contribution >= 0.6 is 11.8 Å². The monoisotopic (exact) mass is 330 g/mol. The summed E-state index contributed by atoms with van der Waals surface area (Å²) in [5, 5.41) is 0. The molecule has 4 nitrogen and oxygen atoms in total. The van der Waals surface area contributed by atoms with Crippen LogP contribution in [0.3, 0.4) is 0 Å². The highest BCUT2D eigenvalue weighted by molar-refractivity contribution is 7.98. The molecule has 0 fully saturated rings. The summed E-state index contributed by atoms with van der Waals surface area (Å²) in [5.41, 5.74) is 0.904. The summed E-state index contributed by atoms with van der Waals surface area (Å²) in [7, 11) is 1.56. The number of methoxy groups -OCH3 is 1. The molecule has 1 atom stereocenters. The Morgan fingerprint density at radius 2 is 1.52 bits per heavy atom. The van der Waals surface area contributed by atoms with Crippen molar-refractivity contribution < 1.29 is 19.1 Å². The van der Waals surface area contributed by atoms with Crippen molar-refractivity contribution in [2.75, 3.05) is 13.4 Å². The normalized spacial score (nSPS) is 11.6. The molecule has 0 N–H and O–H groups in total. The molecule has 0 radical (unpaired) electrons. The van der Waals surface area contributed by atoms with Crippen LogP contribution < -0.4 is 4.74 Å². The van der Waals surface area contributed by atoms with Crippen molar-refractivity contribution in [1.29, 1.82) is 0 Å².